The summed E-state index contributed by atoms with van der Waals surface area (Å²) in [6.07, 6.45) is 0. The number of ether oxygens (including phenoxy) is 2. The summed E-state index contributed by atoms with van der Waals surface area (Å²) in [5.41, 5.74) is 8.62. The molecule has 0 aliphatic heterocycles. The number of para-hydroxylation sites is 1. The second-order valence-electron chi connectivity index (χ2n) is 4.82. The van der Waals surface area contributed by atoms with Crippen molar-refractivity contribution in [2.75, 3.05) is 20.0 Å². The van der Waals surface area contributed by atoms with Crippen molar-refractivity contribution < 1.29 is 9.47 Å². The minimum Gasteiger partial charge on any atom is -0.496 e. The summed E-state index contributed by atoms with van der Waals surface area (Å²) in [6.45, 7) is 2.12. The molecule has 7 nitrogen and oxygen atoms in total. The van der Waals surface area contributed by atoms with Crippen LogP contribution in [0, 0.1) is 6.92 Å². The van der Waals surface area contributed by atoms with Crippen molar-refractivity contribution in [1.82, 2.24) is 19.6 Å². The quantitative estimate of drug-likeness (QED) is 0.791. The standard InChI is InChI=1S/C15H17N5O2/c1-9-17-15-18-11(8-21-2)13(14(16)20(15)19-9)10-6-4-5-7-12(10)22-3/h4-7H,8,16H2,1-3H3. The third-order valence-corrected chi connectivity index (χ3v) is 3.36. The van der Waals surface area contributed by atoms with E-state index >= 15 is 0 Å². The molecule has 3 rings (SSSR count). The monoisotopic (exact) mass is 299 g/mol. The van der Waals surface area contributed by atoms with Crippen molar-refractivity contribution in [2.24, 2.45) is 0 Å². The van der Waals surface area contributed by atoms with Gasteiger partial charge < -0.3 is 15.2 Å². The van der Waals surface area contributed by atoms with E-state index in [1.807, 2.05) is 24.3 Å². The van der Waals surface area contributed by atoms with Gasteiger partial charge in [-0.2, -0.15) is 9.50 Å². The molecule has 0 saturated heterocycles. The van der Waals surface area contributed by atoms with Gasteiger partial charge in [0.15, 0.2) is 0 Å². The normalized spacial score (nSPS) is 11.0. The molecule has 0 saturated carbocycles. The van der Waals surface area contributed by atoms with E-state index in [0.29, 0.717) is 35.5 Å². The summed E-state index contributed by atoms with van der Waals surface area (Å²) in [5, 5.41) is 4.29. The molecule has 3 aromatic rings. The van der Waals surface area contributed by atoms with Gasteiger partial charge in [-0.3, -0.25) is 0 Å². The first-order chi connectivity index (χ1) is 10.7. The van der Waals surface area contributed by atoms with Crippen molar-refractivity contribution in [1.29, 1.82) is 0 Å². The summed E-state index contributed by atoms with van der Waals surface area (Å²) in [5.74, 6) is 2.24. The fraction of sp³-hybridized carbons (Fsp3) is 0.267. The Morgan fingerprint density at radius 1 is 1.18 bits per heavy atom. The van der Waals surface area contributed by atoms with Gasteiger partial charge in [-0.25, -0.2) is 4.98 Å². The van der Waals surface area contributed by atoms with Crippen molar-refractivity contribution in [3.05, 3.63) is 35.8 Å². The molecule has 0 radical (unpaired) electrons. The zero-order valence-corrected chi connectivity index (χ0v) is 12.7. The number of nitrogens with two attached hydrogens (primary N) is 1. The summed E-state index contributed by atoms with van der Waals surface area (Å²) < 4.78 is 12.2. The number of rotatable bonds is 4. The lowest BCUT2D eigenvalue weighted by Crippen LogP contribution is -2.09. The minimum atomic E-state index is 0.319. The number of methoxy groups -OCH3 is 2. The van der Waals surface area contributed by atoms with Crippen LogP contribution in [0.3, 0.4) is 0 Å². The molecule has 2 heterocycles. The SMILES string of the molecule is COCc1nc2nc(C)nn2c(N)c1-c1ccccc1OC. The highest BCUT2D eigenvalue weighted by Gasteiger charge is 2.19. The minimum absolute atomic E-state index is 0.319. The molecule has 0 fully saturated rings. The van der Waals surface area contributed by atoms with Gasteiger partial charge in [-0.1, -0.05) is 18.2 Å². The van der Waals surface area contributed by atoms with E-state index in [1.165, 1.54) is 4.52 Å². The number of anilines is 1. The number of hydrogen-bond donors (Lipinski definition) is 1. The maximum Gasteiger partial charge on any atom is 0.254 e. The van der Waals surface area contributed by atoms with Gasteiger partial charge in [-0.05, 0) is 13.0 Å². The number of hydrogen-bond acceptors (Lipinski definition) is 6. The molecule has 0 aliphatic carbocycles. The average Bonchev–Trinajstić information content (AvgIpc) is 2.89. The Morgan fingerprint density at radius 2 is 1.95 bits per heavy atom. The number of nitrogen functional groups attached to an aromatic ring is 1. The molecule has 2 N–H and O–H groups in total. The van der Waals surface area contributed by atoms with E-state index in [2.05, 4.69) is 15.1 Å². The Balaban J connectivity index is 2.35. The predicted octanol–water partition coefficient (Wildman–Crippen LogP) is 1.84. The smallest absolute Gasteiger partial charge is 0.254 e. The molecule has 1 aromatic carbocycles. The molecule has 0 amide bonds. The van der Waals surface area contributed by atoms with Crippen LogP contribution in [-0.2, 0) is 11.3 Å². The first kappa shape index (κ1) is 14.3. The van der Waals surface area contributed by atoms with Crippen LogP contribution in [0.25, 0.3) is 16.9 Å². The van der Waals surface area contributed by atoms with Crippen LogP contribution in [0.5, 0.6) is 5.75 Å². The van der Waals surface area contributed by atoms with Gasteiger partial charge in [0.2, 0.25) is 0 Å². The van der Waals surface area contributed by atoms with E-state index < -0.39 is 0 Å². The zero-order chi connectivity index (χ0) is 15.7. The molecular formula is C15H17N5O2. The number of aryl methyl sites for hydroxylation is 1. The number of benzene rings is 1. The summed E-state index contributed by atoms with van der Waals surface area (Å²) >= 11 is 0. The van der Waals surface area contributed by atoms with Gasteiger partial charge in [0.05, 0.1) is 25.0 Å². The molecule has 0 spiro atoms. The Hall–Kier alpha value is -2.67. The summed E-state index contributed by atoms with van der Waals surface area (Å²) in [7, 11) is 3.24. The Labute approximate surface area is 127 Å². The Kier molecular flexibility index (Phi) is 3.64. The first-order valence-electron chi connectivity index (χ1n) is 6.79. The average molecular weight is 299 g/mol. The maximum atomic E-state index is 6.33. The molecule has 0 aliphatic rings. The van der Waals surface area contributed by atoms with Gasteiger partial charge >= 0.3 is 0 Å². The lowest BCUT2D eigenvalue weighted by Gasteiger charge is -2.14. The molecule has 7 heteroatoms. The van der Waals surface area contributed by atoms with E-state index in [9.17, 15) is 0 Å². The Bertz CT molecular complexity index is 828. The van der Waals surface area contributed by atoms with Crippen molar-refractivity contribution in [3.8, 4) is 16.9 Å². The van der Waals surface area contributed by atoms with Crippen molar-refractivity contribution in [2.45, 2.75) is 13.5 Å². The topological polar surface area (TPSA) is 87.6 Å². The number of fused-ring (bicyclic) bond motifs is 1. The van der Waals surface area contributed by atoms with Crippen LogP contribution in [-0.4, -0.2) is 33.8 Å². The van der Waals surface area contributed by atoms with Crippen molar-refractivity contribution >= 4 is 11.6 Å². The zero-order valence-electron chi connectivity index (χ0n) is 12.7. The van der Waals surface area contributed by atoms with E-state index in [0.717, 1.165) is 11.1 Å². The number of aromatic nitrogens is 4. The van der Waals surface area contributed by atoms with Crippen molar-refractivity contribution in [3.63, 3.8) is 0 Å². The summed E-state index contributed by atoms with van der Waals surface area (Å²) in [6, 6.07) is 7.63. The fourth-order valence-corrected chi connectivity index (χ4v) is 2.45. The second-order valence-corrected chi connectivity index (χ2v) is 4.82. The van der Waals surface area contributed by atoms with Crippen LogP contribution in [0.2, 0.25) is 0 Å². The van der Waals surface area contributed by atoms with E-state index in [-0.39, 0.29) is 0 Å². The van der Waals surface area contributed by atoms with Crippen LogP contribution in [0.4, 0.5) is 5.82 Å². The van der Waals surface area contributed by atoms with Gasteiger partial charge in [0, 0.05) is 12.7 Å². The highest BCUT2D eigenvalue weighted by molar-refractivity contribution is 5.81. The van der Waals surface area contributed by atoms with Gasteiger partial charge in [0.1, 0.15) is 17.4 Å². The van der Waals surface area contributed by atoms with Crippen LogP contribution >= 0.6 is 0 Å². The lowest BCUT2D eigenvalue weighted by atomic mass is 10.0. The third-order valence-electron chi connectivity index (χ3n) is 3.36. The second kappa shape index (κ2) is 5.61. The molecule has 2 aromatic heterocycles. The van der Waals surface area contributed by atoms with Gasteiger partial charge in [-0.15, -0.1) is 5.10 Å². The molecular weight excluding hydrogens is 282 g/mol. The van der Waals surface area contributed by atoms with Crippen LogP contribution in [0.15, 0.2) is 24.3 Å². The number of nitrogens with zero attached hydrogens (tertiary/aromatic N) is 4. The van der Waals surface area contributed by atoms with E-state index in [4.69, 9.17) is 15.2 Å². The molecule has 0 unspecified atom stereocenters. The highest BCUT2D eigenvalue weighted by atomic mass is 16.5. The molecule has 0 atom stereocenters. The predicted molar refractivity (Wildman–Crippen MR) is 82.6 cm³/mol. The fourth-order valence-electron chi connectivity index (χ4n) is 2.45. The van der Waals surface area contributed by atoms with Crippen LogP contribution in [0.1, 0.15) is 11.5 Å². The molecule has 114 valence electrons. The maximum absolute atomic E-state index is 6.33. The molecule has 22 heavy (non-hydrogen) atoms. The van der Waals surface area contributed by atoms with Crippen LogP contribution < -0.4 is 10.5 Å². The third kappa shape index (κ3) is 2.25. The Morgan fingerprint density at radius 3 is 2.68 bits per heavy atom. The van der Waals surface area contributed by atoms with E-state index in [1.54, 1.807) is 21.1 Å². The highest BCUT2D eigenvalue weighted by Crippen LogP contribution is 2.35. The molecule has 0 bridgehead atoms. The lowest BCUT2D eigenvalue weighted by molar-refractivity contribution is 0.182. The van der Waals surface area contributed by atoms with Gasteiger partial charge in [0.25, 0.3) is 5.78 Å². The summed E-state index contributed by atoms with van der Waals surface area (Å²) in [4.78, 5) is 8.80. The largest absolute Gasteiger partial charge is 0.496 e. The first-order valence-corrected chi connectivity index (χ1v) is 6.79.